The van der Waals surface area contributed by atoms with Crippen LogP contribution in [0.5, 0.6) is 0 Å². The first kappa shape index (κ1) is 23.6. The summed E-state index contributed by atoms with van der Waals surface area (Å²) in [5.74, 6) is -2.35. The number of aliphatic hydroxyl groups is 1. The van der Waals surface area contributed by atoms with E-state index in [1.807, 2.05) is 0 Å². The Morgan fingerprint density at radius 2 is 1.78 bits per heavy atom. The molecule has 0 spiro atoms. The Bertz CT molecular complexity index is 910. The largest absolute Gasteiger partial charge is 0.392 e. The summed E-state index contributed by atoms with van der Waals surface area (Å²) >= 11 is 0. The number of hydrogen-bond donors (Lipinski definition) is 1. The molecule has 32 heavy (non-hydrogen) atoms. The van der Waals surface area contributed by atoms with Crippen molar-refractivity contribution < 1.29 is 23.0 Å². The Labute approximate surface area is 189 Å². The second-order valence-electron chi connectivity index (χ2n) is 9.78. The van der Waals surface area contributed by atoms with E-state index in [1.165, 1.54) is 32.1 Å². The standard InChI is InChI=1S/C27H35F3O2/c1-3-4-5-6-7-8-20-10-9-17(15-32-20)21-13-19-12-18-11-16(2)22(14-31)26(29)23(18)27(30)24(19)25(21)28/h11,17,19-20,31H,3-10,12-15H2,1-2H3. The minimum Gasteiger partial charge on any atom is -0.392 e. The van der Waals surface area contributed by atoms with Crippen molar-refractivity contribution in [3.05, 3.63) is 51.1 Å². The van der Waals surface area contributed by atoms with Crippen molar-refractivity contribution in [2.24, 2.45) is 11.8 Å². The molecule has 2 aliphatic carbocycles. The number of aliphatic hydroxyl groups excluding tert-OH is 1. The number of benzene rings is 1. The molecule has 2 nitrogen and oxygen atoms in total. The second kappa shape index (κ2) is 10.1. The minimum absolute atomic E-state index is 0.0252. The highest BCUT2D eigenvalue weighted by molar-refractivity contribution is 5.74. The molecule has 176 valence electrons. The first-order valence-electron chi connectivity index (χ1n) is 12.3. The van der Waals surface area contributed by atoms with Crippen LogP contribution in [0, 0.1) is 24.6 Å². The van der Waals surface area contributed by atoms with Crippen molar-refractivity contribution in [1.29, 1.82) is 0 Å². The van der Waals surface area contributed by atoms with Crippen LogP contribution in [0.15, 0.2) is 23.0 Å². The van der Waals surface area contributed by atoms with E-state index >= 15 is 8.78 Å². The molecule has 0 radical (unpaired) electrons. The van der Waals surface area contributed by atoms with E-state index in [2.05, 4.69) is 6.92 Å². The van der Waals surface area contributed by atoms with Gasteiger partial charge in [0, 0.05) is 22.6 Å². The maximum atomic E-state index is 15.4. The first-order valence-corrected chi connectivity index (χ1v) is 12.3. The summed E-state index contributed by atoms with van der Waals surface area (Å²) in [6.45, 7) is 3.91. The summed E-state index contributed by atoms with van der Waals surface area (Å²) < 4.78 is 51.8. The predicted molar refractivity (Wildman–Crippen MR) is 121 cm³/mol. The van der Waals surface area contributed by atoms with Gasteiger partial charge in [0.1, 0.15) is 17.5 Å². The van der Waals surface area contributed by atoms with E-state index in [0.29, 0.717) is 36.1 Å². The maximum absolute atomic E-state index is 15.4. The molecule has 3 atom stereocenters. The van der Waals surface area contributed by atoms with Crippen LogP contribution in [0.2, 0.25) is 0 Å². The highest BCUT2D eigenvalue weighted by Crippen LogP contribution is 2.51. The van der Waals surface area contributed by atoms with E-state index in [0.717, 1.165) is 19.3 Å². The molecule has 0 saturated carbocycles. The highest BCUT2D eigenvalue weighted by atomic mass is 19.1. The molecule has 3 aliphatic rings. The van der Waals surface area contributed by atoms with Crippen molar-refractivity contribution >= 4 is 5.83 Å². The van der Waals surface area contributed by atoms with Crippen LogP contribution in [-0.2, 0) is 17.8 Å². The van der Waals surface area contributed by atoms with Gasteiger partial charge in [0.15, 0.2) is 0 Å². The monoisotopic (exact) mass is 448 g/mol. The minimum atomic E-state index is -0.794. The fraction of sp³-hybridized carbons (Fsp3) is 0.630. The zero-order valence-electron chi connectivity index (χ0n) is 19.3. The van der Waals surface area contributed by atoms with Gasteiger partial charge in [-0.25, -0.2) is 13.2 Å². The molecule has 1 heterocycles. The average Bonchev–Trinajstić information content (AvgIpc) is 3.10. The SMILES string of the molecule is CCCCCCCC1CCC(C2=C(F)C3=C(F)c4c(cc(C)c(CO)c4F)CC3C2)CO1. The van der Waals surface area contributed by atoms with Crippen molar-refractivity contribution in [1.82, 2.24) is 0 Å². The van der Waals surface area contributed by atoms with Crippen molar-refractivity contribution in [3.63, 3.8) is 0 Å². The van der Waals surface area contributed by atoms with Crippen LogP contribution < -0.4 is 0 Å². The summed E-state index contributed by atoms with van der Waals surface area (Å²) in [6, 6.07) is 1.74. The molecule has 3 unspecified atom stereocenters. The lowest BCUT2D eigenvalue weighted by Gasteiger charge is -2.30. The molecule has 0 aromatic heterocycles. The van der Waals surface area contributed by atoms with E-state index in [1.54, 1.807) is 13.0 Å². The maximum Gasteiger partial charge on any atom is 0.140 e. The Balaban J connectivity index is 1.46. The number of hydrogen-bond acceptors (Lipinski definition) is 2. The summed E-state index contributed by atoms with van der Waals surface area (Å²) in [7, 11) is 0. The fourth-order valence-corrected chi connectivity index (χ4v) is 5.77. The molecule has 1 aliphatic heterocycles. The van der Waals surface area contributed by atoms with Gasteiger partial charge in [-0.05, 0) is 61.6 Å². The van der Waals surface area contributed by atoms with Gasteiger partial charge in [0.05, 0.1) is 19.3 Å². The summed E-state index contributed by atoms with van der Waals surface area (Å²) in [4.78, 5) is 0. The van der Waals surface area contributed by atoms with Gasteiger partial charge in [0.25, 0.3) is 0 Å². The molecule has 5 heteroatoms. The average molecular weight is 449 g/mol. The van der Waals surface area contributed by atoms with Gasteiger partial charge in [-0.1, -0.05) is 45.1 Å². The Morgan fingerprint density at radius 1 is 1.00 bits per heavy atom. The second-order valence-corrected chi connectivity index (χ2v) is 9.78. The summed E-state index contributed by atoms with van der Waals surface area (Å²) in [6.07, 6.45) is 10.2. The lowest BCUT2D eigenvalue weighted by atomic mass is 9.81. The number of ether oxygens (including phenoxy) is 1. The summed E-state index contributed by atoms with van der Waals surface area (Å²) in [5, 5.41) is 9.48. The number of unbranched alkanes of at least 4 members (excludes halogenated alkanes) is 4. The third-order valence-electron chi connectivity index (χ3n) is 7.64. The molecule has 0 bridgehead atoms. The van der Waals surface area contributed by atoms with Gasteiger partial charge in [-0.3, -0.25) is 0 Å². The molecular formula is C27H35F3O2. The van der Waals surface area contributed by atoms with Crippen molar-refractivity contribution in [2.45, 2.75) is 90.8 Å². The van der Waals surface area contributed by atoms with Gasteiger partial charge < -0.3 is 9.84 Å². The van der Waals surface area contributed by atoms with E-state index in [4.69, 9.17) is 4.74 Å². The molecule has 4 rings (SSSR count). The third-order valence-corrected chi connectivity index (χ3v) is 7.64. The van der Waals surface area contributed by atoms with Crippen LogP contribution in [0.3, 0.4) is 0 Å². The fourth-order valence-electron chi connectivity index (χ4n) is 5.77. The van der Waals surface area contributed by atoms with Crippen LogP contribution in [0.4, 0.5) is 13.2 Å². The molecular weight excluding hydrogens is 413 g/mol. The Morgan fingerprint density at radius 3 is 2.47 bits per heavy atom. The molecule has 1 fully saturated rings. The summed E-state index contributed by atoms with van der Waals surface area (Å²) in [5.41, 5.74) is 1.77. The first-order chi connectivity index (χ1) is 15.5. The number of fused-ring (bicyclic) bond motifs is 2. The van der Waals surface area contributed by atoms with Crippen LogP contribution in [0.25, 0.3) is 5.83 Å². The Hall–Kier alpha value is -1.59. The lowest BCUT2D eigenvalue weighted by Crippen LogP contribution is -2.27. The predicted octanol–water partition coefficient (Wildman–Crippen LogP) is 7.26. The third kappa shape index (κ3) is 4.43. The number of allylic oxidation sites excluding steroid dienone is 2. The van der Waals surface area contributed by atoms with E-state index < -0.39 is 24.1 Å². The van der Waals surface area contributed by atoms with Gasteiger partial charge in [-0.2, -0.15) is 0 Å². The van der Waals surface area contributed by atoms with Crippen molar-refractivity contribution in [3.8, 4) is 0 Å². The number of halogens is 3. The molecule has 0 amide bonds. The number of rotatable bonds is 8. The normalized spacial score (nSPS) is 25.4. The quantitative estimate of drug-likeness (QED) is 0.424. The molecule has 1 saturated heterocycles. The zero-order valence-corrected chi connectivity index (χ0v) is 19.3. The number of aryl methyl sites for hydroxylation is 1. The smallest absolute Gasteiger partial charge is 0.140 e. The van der Waals surface area contributed by atoms with E-state index in [9.17, 15) is 9.50 Å². The highest BCUT2D eigenvalue weighted by Gasteiger charge is 2.41. The van der Waals surface area contributed by atoms with Crippen LogP contribution in [-0.4, -0.2) is 17.8 Å². The van der Waals surface area contributed by atoms with Gasteiger partial charge in [-0.15, -0.1) is 0 Å². The Kier molecular flexibility index (Phi) is 7.46. The lowest BCUT2D eigenvalue weighted by molar-refractivity contribution is -0.0130. The molecule has 1 aromatic carbocycles. The van der Waals surface area contributed by atoms with Gasteiger partial charge >= 0.3 is 0 Å². The van der Waals surface area contributed by atoms with Crippen molar-refractivity contribution in [2.75, 3.05) is 6.61 Å². The van der Waals surface area contributed by atoms with Gasteiger partial charge in [0.2, 0.25) is 0 Å². The van der Waals surface area contributed by atoms with E-state index in [-0.39, 0.29) is 34.6 Å². The van der Waals surface area contributed by atoms with Crippen LogP contribution >= 0.6 is 0 Å². The van der Waals surface area contributed by atoms with Crippen LogP contribution in [0.1, 0.15) is 87.0 Å². The topological polar surface area (TPSA) is 29.5 Å². The zero-order chi connectivity index (χ0) is 22.8. The molecule has 1 N–H and O–H groups in total. The molecule has 1 aromatic rings.